The van der Waals surface area contributed by atoms with Crippen LogP contribution in [-0.4, -0.2) is 38.1 Å². The summed E-state index contributed by atoms with van der Waals surface area (Å²) < 4.78 is 0. The number of hydrogen-bond donors (Lipinski definition) is 2. The quantitative estimate of drug-likeness (QED) is 0.823. The minimum absolute atomic E-state index is 0.588. The molecule has 3 nitrogen and oxygen atoms in total. The van der Waals surface area contributed by atoms with E-state index in [0.29, 0.717) is 12.0 Å². The SMILES string of the molecule is CC(C)C(CNCc1cccc2c1NCC2)N(C)C. The van der Waals surface area contributed by atoms with Crippen LogP contribution in [0, 0.1) is 5.92 Å². The fraction of sp³-hybridized carbons (Fsp3) is 0.625. The monoisotopic (exact) mass is 261 g/mol. The number of anilines is 1. The lowest BCUT2D eigenvalue weighted by Gasteiger charge is -2.28. The third-order valence-electron chi connectivity index (χ3n) is 4.03. The van der Waals surface area contributed by atoms with E-state index in [2.05, 4.69) is 61.7 Å². The van der Waals surface area contributed by atoms with Crippen LogP contribution in [0.3, 0.4) is 0 Å². The van der Waals surface area contributed by atoms with Crippen molar-refractivity contribution < 1.29 is 0 Å². The van der Waals surface area contributed by atoms with Gasteiger partial charge in [0.25, 0.3) is 0 Å². The molecule has 3 heteroatoms. The van der Waals surface area contributed by atoms with Crippen molar-refractivity contribution in [1.29, 1.82) is 0 Å². The first-order valence-electron chi connectivity index (χ1n) is 7.31. The molecule has 0 saturated carbocycles. The Morgan fingerprint density at radius 2 is 2.11 bits per heavy atom. The molecule has 1 unspecified atom stereocenters. The van der Waals surface area contributed by atoms with Gasteiger partial charge in [0.15, 0.2) is 0 Å². The van der Waals surface area contributed by atoms with E-state index in [9.17, 15) is 0 Å². The zero-order valence-electron chi connectivity index (χ0n) is 12.7. The second kappa shape index (κ2) is 6.40. The molecular weight excluding hydrogens is 234 g/mol. The maximum absolute atomic E-state index is 3.61. The molecular formula is C16H27N3. The van der Waals surface area contributed by atoms with Crippen LogP contribution >= 0.6 is 0 Å². The number of likely N-dealkylation sites (N-methyl/N-ethyl adjacent to an activating group) is 1. The van der Waals surface area contributed by atoms with Crippen molar-refractivity contribution in [2.45, 2.75) is 32.9 Å². The fourth-order valence-corrected chi connectivity index (χ4v) is 2.93. The van der Waals surface area contributed by atoms with E-state index < -0.39 is 0 Å². The van der Waals surface area contributed by atoms with Crippen molar-refractivity contribution in [3.63, 3.8) is 0 Å². The van der Waals surface area contributed by atoms with Gasteiger partial charge in [-0.25, -0.2) is 0 Å². The van der Waals surface area contributed by atoms with Gasteiger partial charge >= 0.3 is 0 Å². The first-order chi connectivity index (χ1) is 9.09. The summed E-state index contributed by atoms with van der Waals surface area (Å²) in [5.74, 6) is 0.669. The second-order valence-electron chi connectivity index (χ2n) is 6.03. The Morgan fingerprint density at radius 1 is 1.32 bits per heavy atom. The third kappa shape index (κ3) is 3.48. The summed E-state index contributed by atoms with van der Waals surface area (Å²) in [6, 6.07) is 7.22. The van der Waals surface area contributed by atoms with Gasteiger partial charge in [0.2, 0.25) is 0 Å². The third-order valence-corrected chi connectivity index (χ3v) is 4.03. The molecule has 19 heavy (non-hydrogen) atoms. The lowest BCUT2D eigenvalue weighted by Crippen LogP contribution is -2.41. The van der Waals surface area contributed by atoms with Gasteiger partial charge in [-0.2, -0.15) is 0 Å². The highest BCUT2D eigenvalue weighted by Crippen LogP contribution is 2.26. The molecule has 1 aromatic carbocycles. The highest BCUT2D eigenvalue weighted by Gasteiger charge is 2.16. The van der Waals surface area contributed by atoms with Crippen molar-refractivity contribution >= 4 is 5.69 Å². The van der Waals surface area contributed by atoms with Crippen LogP contribution in [0.2, 0.25) is 0 Å². The Kier molecular flexibility index (Phi) is 4.83. The maximum Gasteiger partial charge on any atom is 0.0419 e. The van der Waals surface area contributed by atoms with Gasteiger partial charge in [-0.15, -0.1) is 0 Å². The Bertz CT molecular complexity index is 404. The van der Waals surface area contributed by atoms with E-state index in [4.69, 9.17) is 0 Å². The molecule has 0 spiro atoms. The summed E-state index contributed by atoms with van der Waals surface area (Å²) in [4.78, 5) is 2.31. The molecule has 0 amide bonds. The van der Waals surface area contributed by atoms with Crippen molar-refractivity contribution in [2.24, 2.45) is 5.92 Å². The summed E-state index contributed by atoms with van der Waals surface area (Å²) in [5.41, 5.74) is 4.23. The summed E-state index contributed by atoms with van der Waals surface area (Å²) in [5, 5.41) is 7.11. The van der Waals surface area contributed by atoms with Crippen molar-refractivity contribution in [3.05, 3.63) is 29.3 Å². The molecule has 0 fully saturated rings. The summed E-state index contributed by atoms with van der Waals surface area (Å²) in [7, 11) is 4.32. The minimum Gasteiger partial charge on any atom is -0.384 e. The van der Waals surface area contributed by atoms with Gasteiger partial charge in [0.05, 0.1) is 0 Å². The van der Waals surface area contributed by atoms with Gasteiger partial charge in [-0.05, 0) is 37.6 Å². The molecule has 1 aliphatic rings. The lowest BCUT2D eigenvalue weighted by molar-refractivity contribution is 0.224. The molecule has 1 aromatic rings. The number of benzene rings is 1. The van der Waals surface area contributed by atoms with Gasteiger partial charge in [-0.3, -0.25) is 0 Å². The van der Waals surface area contributed by atoms with Crippen LogP contribution in [0.1, 0.15) is 25.0 Å². The Hall–Kier alpha value is -1.06. The summed E-state index contributed by atoms with van der Waals surface area (Å²) in [6.07, 6.45) is 1.16. The normalized spacial score (nSPS) is 15.7. The molecule has 0 bridgehead atoms. The number of rotatable bonds is 6. The second-order valence-corrected chi connectivity index (χ2v) is 6.03. The van der Waals surface area contributed by atoms with Crippen LogP contribution in [0.25, 0.3) is 0 Å². The maximum atomic E-state index is 3.61. The minimum atomic E-state index is 0.588. The number of nitrogens with zero attached hydrogens (tertiary/aromatic N) is 1. The molecule has 106 valence electrons. The molecule has 1 heterocycles. The molecule has 0 saturated heterocycles. The van der Waals surface area contributed by atoms with Gasteiger partial charge < -0.3 is 15.5 Å². The zero-order chi connectivity index (χ0) is 13.8. The number of hydrogen-bond acceptors (Lipinski definition) is 3. The highest BCUT2D eigenvalue weighted by atomic mass is 15.1. The molecule has 1 aliphatic heterocycles. The lowest BCUT2D eigenvalue weighted by atomic mass is 10.0. The van der Waals surface area contributed by atoms with Crippen molar-refractivity contribution in [1.82, 2.24) is 10.2 Å². The van der Waals surface area contributed by atoms with Crippen LogP contribution in [0.4, 0.5) is 5.69 Å². The Labute approximate surface area is 117 Å². The van der Waals surface area contributed by atoms with Gasteiger partial charge in [0.1, 0.15) is 0 Å². The number of nitrogens with one attached hydrogen (secondary N) is 2. The van der Waals surface area contributed by atoms with E-state index in [1.54, 1.807) is 0 Å². The first-order valence-corrected chi connectivity index (χ1v) is 7.31. The smallest absolute Gasteiger partial charge is 0.0419 e. The molecule has 1 atom stereocenters. The molecule has 2 rings (SSSR count). The first kappa shape index (κ1) is 14.4. The topological polar surface area (TPSA) is 27.3 Å². The van der Waals surface area contributed by atoms with E-state index in [-0.39, 0.29) is 0 Å². The summed E-state index contributed by atoms with van der Waals surface area (Å²) >= 11 is 0. The van der Waals surface area contributed by atoms with Crippen LogP contribution < -0.4 is 10.6 Å². The van der Waals surface area contributed by atoms with E-state index in [1.807, 2.05) is 0 Å². The Morgan fingerprint density at radius 3 is 2.79 bits per heavy atom. The van der Waals surface area contributed by atoms with Crippen molar-refractivity contribution in [3.8, 4) is 0 Å². The van der Waals surface area contributed by atoms with Crippen LogP contribution in [0.15, 0.2) is 18.2 Å². The van der Waals surface area contributed by atoms with Crippen molar-refractivity contribution in [2.75, 3.05) is 32.5 Å². The average Bonchev–Trinajstić information content (AvgIpc) is 2.82. The molecule has 0 radical (unpaired) electrons. The van der Waals surface area contributed by atoms with E-state index in [0.717, 1.165) is 26.1 Å². The number of fused-ring (bicyclic) bond motifs is 1. The fourth-order valence-electron chi connectivity index (χ4n) is 2.93. The predicted molar refractivity (Wildman–Crippen MR) is 82.7 cm³/mol. The molecule has 0 aromatic heterocycles. The van der Waals surface area contributed by atoms with E-state index >= 15 is 0 Å². The molecule has 2 N–H and O–H groups in total. The van der Waals surface area contributed by atoms with E-state index in [1.165, 1.54) is 16.8 Å². The highest BCUT2D eigenvalue weighted by molar-refractivity contribution is 5.61. The van der Waals surface area contributed by atoms with Gasteiger partial charge in [-0.1, -0.05) is 32.0 Å². The number of para-hydroxylation sites is 1. The molecule has 0 aliphatic carbocycles. The predicted octanol–water partition coefficient (Wildman–Crippen LogP) is 2.33. The van der Waals surface area contributed by atoms with Crippen LogP contribution in [-0.2, 0) is 13.0 Å². The largest absolute Gasteiger partial charge is 0.384 e. The van der Waals surface area contributed by atoms with Crippen LogP contribution in [0.5, 0.6) is 0 Å². The zero-order valence-corrected chi connectivity index (χ0v) is 12.7. The average molecular weight is 261 g/mol. The standard InChI is InChI=1S/C16H27N3/c1-12(2)15(19(3)4)11-17-10-14-7-5-6-13-8-9-18-16(13)14/h5-7,12,15,17-18H,8-11H2,1-4H3. The van der Waals surface area contributed by atoms with Gasteiger partial charge in [0, 0.05) is 31.4 Å². The summed E-state index contributed by atoms with van der Waals surface area (Å²) in [6.45, 7) is 7.64. The Balaban J connectivity index is 1.91.